The molecule has 0 heterocycles. The summed E-state index contributed by atoms with van der Waals surface area (Å²) in [6, 6.07) is 0.586. The smallest absolute Gasteiger partial charge is 0.0652 e. The standard InChI is InChI=1S/C12H26N2O/c1-5-9(7-13)8-14-10-6-11(15-4)12(10,2)3/h9-11,14H,5-8,13H2,1-4H3. The Labute approximate surface area is 93.8 Å². The highest BCUT2D eigenvalue weighted by Gasteiger charge is 2.48. The van der Waals surface area contributed by atoms with E-state index in [1.807, 2.05) is 0 Å². The van der Waals surface area contributed by atoms with Gasteiger partial charge in [-0.25, -0.2) is 0 Å². The molecule has 3 atom stereocenters. The van der Waals surface area contributed by atoms with E-state index in [9.17, 15) is 0 Å². The van der Waals surface area contributed by atoms with Crippen LogP contribution in [0.3, 0.4) is 0 Å². The largest absolute Gasteiger partial charge is 0.381 e. The molecule has 3 nitrogen and oxygen atoms in total. The normalized spacial score (nSPS) is 31.0. The molecule has 3 heteroatoms. The predicted octanol–water partition coefficient (Wildman–Crippen LogP) is 1.37. The van der Waals surface area contributed by atoms with Gasteiger partial charge in [0.1, 0.15) is 0 Å². The van der Waals surface area contributed by atoms with Crippen LogP contribution in [0.25, 0.3) is 0 Å². The molecule has 0 aromatic rings. The number of rotatable bonds is 6. The van der Waals surface area contributed by atoms with Gasteiger partial charge in [0.2, 0.25) is 0 Å². The third-order valence-corrected chi connectivity index (χ3v) is 4.03. The van der Waals surface area contributed by atoms with Crippen LogP contribution in [0.4, 0.5) is 0 Å². The Morgan fingerprint density at radius 2 is 2.20 bits per heavy atom. The van der Waals surface area contributed by atoms with Crippen molar-refractivity contribution in [2.45, 2.75) is 45.8 Å². The molecule has 0 bridgehead atoms. The summed E-state index contributed by atoms with van der Waals surface area (Å²) in [5, 5.41) is 3.62. The van der Waals surface area contributed by atoms with Crippen LogP contribution in [-0.2, 0) is 4.74 Å². The van der Waals surface area contributed by atoms with Crippen molar-refractivity contribution in [2.75, 3.05) is 20.2 Å². The average molecular weight is 214 g/mol. The molecule has 1 rings (SSSR count). The second-order valence-corrected chi connectivity index (χ2v) is 5.25. The van der Waals surface area contributed by atoms with Crippen molar-refractivity contribution in [3.8, 4) is 0 Å². The van der Waals surface area contributed by atoms with Crippen molar-refractivity contribution >= 4 is 0 Å². The minimum atomic E-state index is 0.266. The Hall–Kier alpha value is -0.120. The van der Waals surface area contributed by atoms with Gasteiger partial charge in [0.15, 0.2) is 0 Å². The van der Waals surface area contributed by atoms with Gasteiger partial charge in [-0.05, 0) is 25.4 Å². The van der Waals surface area contributed by atoms with E-state index >= 15 is 0 Å². The molecule has 0 spiro atoms. The summed E-state index contributed by atoms with van der Waals surface area (Å²) in [6.07, 6.45) is 2.70. The lowest BCUT2D eigenvalue weighted by Gasteiger charge is -2.51. The van der Waals surface area contributed by atoms with E-state index in [4.69, 9.17) is 10.5 Å². The predicted molar refractivity (Wildman–Crippen MR) is 63.8 cm³/mol. The number of hydrogen-bond donors (Lipinski definition) is 2. The number of methoxy groups -OCH3 is 1. The van der Waals surface area contributed by atoms with Crippen molar-refractivity contribution < 1.29 is 4.74 Å². The fourth-order valence-electron chi connectivity index (χ4n) is 2.34. The van der Waals surface area contributed by atoms with Crippen LogP contribution in [0.2, 0.25) is 0 Å². The molecule has 0 aromatic heterocycles. The summed E-state index contributed by atoms with van der Waals surface area (Å²) in [7, 11) is 1.80. The summed E-state index contributed by atoms with van der Waals surface area (Å²) < 4.78 is 5.43. The van der Waals surface area contributed by atoms with Gasteiger partial charge in [0.05, 0.1) is 6.10 Å². The molecule has 15 heavy (non-hydrogen) atoms. The second kappa shape index (κ2) is 5.28. The zero-order chi connectivity index (χ0) is 11.5. The number of hydrogen-bond acceptors (Lipinski definition) is 3. The maximum absolute atomic E-state index is 5.69. The van der Waals surface area contributed by atoms with Crippen LogP contribution >= 0.6 is 0 Å². The monoisotopic (exact) mass is 214 g/mol. The number of nitrogens with one attached hydrogen (secondary N) is 1. The zero-order valence-corrected chi connectivity index (χ0v) is 10.5. The minimum absolute atomic E-state index is 0.266. The number of nitrogens with two attached hydrogens (primary N) is 1. The van der Waals surface area contributed by atoms with Gasteiger partial charge in [-0.3, -0.25) is 0 Å². The molecule has 0 amide bonds. The van der Waals surface area contributed by atoms with Gasteiger partial charge >= 0.3 is 0 Å². The molecule has 3 N–H and O–H groups in total. The van der Waals surface area contributed by atoms with Crippen LogP contribution < -0.4 is 11.1 Å². The highest BCUT2D eigenvalue weighted by atomic mass is 16.5. The van der Waals surface area contributed by atoms with Gasteiger partial charge in [-0.1, -0.05) is 27.2 Å². The Bertz CT molecular complexity index is 190. The first kappa shape index (κ1) is 12.9. The molecule has 1 fully saturated rings. The fraction of sp³-hybridized carbons (Fsp3) is 1.00. The van der Waals surface area contributed by atoms with E-state index in [-0.39, 0.29) is 5.41 Å². The highest BCUT2D eigenvalue weighted by Crippen LogP contribution is 2.42. The van der Waals surface area contributed by atoms with Crippen molar-refractivity contribution in [3.05, 3.63) is 0 Å². The second-order valence-electron chi connectivity index (χ2n) is 5.25. The first-order chi connectivity index (χ1) is 7.06. The lowest BCUT2D eigenvalue weighted by Crippen LogP contribution is -2.61. The molecule has 0 aromatic carbocycles. The molecule has 1 aliphatic rings. The Balaban J connectivity index is 2.30. The van der Waals surface area contributed by atoms with Gasteiger partial charge in [-0.2, -0.15) is 0 Å². The lowest BCUT2D eigenvalue weighted by atomic mass is 9.64. The molecule has 1 saturated carbocycles. The Morgan fingerprint density at radius 1 is 1.53 bits per heavy atom. The lowest BCUT2D eigenvalue weighted by molar-refractivity contribution is -0.0980. The first-order valence-electron chi connectivity index (χ1n) is 6.02. The van der Waals surface area contributed by atoms with Crippen molar-refractivity contribution in [1.29, 1.82) is 0 Å². The third kappa shape index (κ3) is 2.71. The van der Waals surface area contributed by atoms with Gasteiger partial charge < -0.3 is 15.8 Å². The minimum Gasteiger partial charge on any atom is -0.381 e. The van der Waals surface area contributed by atoms with Crippen LogP contribution in [0.1, 0.15) is 33.6 Å². The molecule has 0 aliphatic heterocycles. The van der Waals surface area contributed by atoms with Crippen LogP contribution in [0.5, 0.6) is 0 Å². The summed E-state index contributed by atoms with van der Waals surface area (Å²) in [5.41, 5.74) is 5.95. The average Bonchev–Trinajstić information content (AvgIpc) is 2.22. The van der Waals surface area contributed by atoms with E-state index in [0.717, 1.165) is 25.9 Å². The Kier molecular flexibility index (Phi) is 4.56. The maximum atomic E-state index is 5.69. The summed E-state index contributed by atoms with van der Waals surface area (Å²) in [6.45, 7) is 8.56. The molecule has 0 saturated heterocycles. The van der Waals surface area contributed by atoms with E-state index in [1.165, 1.54) is 0 Å². The summed E-state index contributed by atoms with van der Waals surface area (Å²) >= 11 is 0. The van der Waals surface area contributed by atoms with Crippen molar-refractivity contribution in [2.24, 2.45) is 17.1 Å². The van der Waals surface area contributed by atoms with Gasteiger partial charge in [-0.15, -0.1) is 0 Å². The number of ether oxygens (including phenoxy) is 1. The molecule has 3 unspecified atom stereocenters. The molecular weight excluding hydrogens is 188 g/mol. The first-order valence-corrected chi connectivity index (χ1v) is 6.02. The highest BCUT2D eigenvalue weighted by molar-refractivity contribution is 5.02. The fourth-order valence-corrected chi connectivity index (χ4v) is 2.34. The maximum Gasteiger partial charge on any atom is 0.0652 e. The summed E-state index contributed by atoms with van der Waals surface area (Å²) in [5.74, 6) is 0.613. The van der Waals surface area contributed by atoms with Gasteiger partial charge in [0.25, 0.3) is 0 Å². The molecule has 0 radical (unpaired) electrons. The van der Waals surface area contributed by atoms with Crippen molar-refractivity contribution in [1.82, 2.24) is 5.32 Å². The van der Waals surface area contributed by atoms with Crippen LogP contribution in [0, 0.1) is 11.3 Å². The van der Waals surface area contributed by atoms with E-state index in [2.05, 4.69) is 26.1 Å². The van der Waals surface area contributed by atoms with Gasteiger partial charge in [0, 0.05) is 18.6 Å². The van der Waals surface area contributed by atoms with E-state index in [0.29, 0.717) is 18.1 Å². The van der Waals surface area contributed by atoms with E-state index < -0.39 is 0 Å². The van der Waals surface area contributed by atoms with Crippen LogP contribution in [-0.4, -0.2) is 32.3 Å². The SMILES string of the molecule is CCC(CN)CNC1CC(OC)C1(C)C. The quantitative estimate of drug-likeness (QED) is 0.702. The molecule has 90 valence electrons. The molecule has 1 aliphatic carbocycles. The van der Waals surface area contributed by atoms with E-state index in [1.54, 1.807) is 7.11 Å². The molecular formula is C12H26N2O. The third-order valence-electron chi connectivity index (χ3n) is 4.03. The van der Waals surface area contributed by atoms with Crippen LogP contribution in [0.15, 0.2) is 0 Å². The topological polar surface area (TPSA) is 47.3 Å². The zero-order valence-electron chi connectivity index (χ0n) is 10.5. The Morgan fingerprint density at radius 3 is 2.60 bits per heavy atom. The summed E-state index contributed by atoms with van der Waals surface area (Å²) in [4.78, 5) is 0. The van der Waals surface area contributed by atoms with Crippen molar-refractivity contribution in [3.63, 3.8) is 0 Å².